The zero-order valence-electron chi connectivity index (χ0n) is 27.4. The van der Waals surface area contributed by atoms with E-state index in [9.17, 15) is 4.39 Å². The zero-order chi connectivity index (χ0) is 31.6. The van der Waals surface area contributed by atoms with Gasteiger partial charge in [0.05, 0.1) is 8.07 Å². The number of nitrogens with zero attached hydrogens (tertiary/aromatic N) is 2. The van der Waals surface area contributed by atoms with Gasteiger partial charge in [0.15, 0.2) is 0 Å². The molecule has 229 valence electrons. The van der Waals surface area contributed by atoms with Gasteiger partial charge in [-0.1, -0.05) is 82.0 Å². The maximum absolute atomic E-state index is 13.5. The first-order chi connectivity index (χ1) is 20.8. The first kappa shape index (κ1) is 32.4. The van der Waals surface area contributed by atoms with Crippen molar-refractivity contribution in [2.24, 2.45) is 5.92 Å². The molecular weight excluding hydrogens is 756 g/mol. The summed E-state index contributed by atoms with van der Waals surface area (Å²) in [6.07, 6.45) is 4.97. The van der Waals surface area contributed by atoms with Crippen LogP contribution >= 0.6 is 11.3 Å². The van der Waals surface area contributed by atoms with E-state index in [-0.39, 0.29) is 25.9 Å². The van der Waals surface area contributed by atoms with E-state index in [0.29, 0.717) is 5.92 Å². The maximum atomic E-state index is 13.5. The summed E-state index contributed by atoms with van der Waals surface area (Å²) >= 11 is 1.55. The Morgan fingerprint density at radius 2 is 1.68 bits per heavy atom. The fourth-order valence-corrected chi connectivity index (χ4v) is 8.09. The van der Waals surface area contributed by atoms with Crippen molar-refractivity contribution in [3.05, 3.63) is 114 Å². The number of pyridine rings is 2. The summed E-state index contributed by atoms with van der Waals surface area (Å²) in [6.45, 7) is 15.5. The van der Waals surface area contributed by atoms with Gasteiger partial charge in [0.2, 0.25) is 0 Å². The zero-order valence-corrected chi connectivity index (χ0v) is 30.6. The molecule has 0 aliphatic carbocycles. The first-order valence-corrected chi connectivity index (χ1v) is 19.1. The third kappa shape index (κ3) is 7.78. The van der Waals surface area contributed by atoms with E-state index in [2.05, 4.69) is 73.9 Å². The average Bonchev–Trinajstić information content (AvgIpc) is 3.34. The van der Waals surface area contributed by atoms with Crippen LogP contribution in [-0.2, 0) is 26.5 Å². The minimum atomic E-state index is -1.34. The van der Waals surface area contributed by atoms with Crippen molar-refractivity contribution in [3.63, 3.8) is 0 Å². The molecular formula is C38H39FIrN2SSi-2. The van der Waals surface area contributed by atoms with E-state index in [1.54, 1.807) is 23.6 Å². The van der Waals surface area contributed by atoms with Gasteiger partial charge >= 0.3 is 0 Å². The summed E-state index contributed by atoms with van der Waals surface area (Å²) in [4.78, 5) is 9.17. The summed E-state index contributed by atoms with van der Waals surface area (Å²) in [5, 5.41) is 3.62. The van der Waals surface area contributed by atoms with Crippen molar-refractivity contribution in [3.8, 4) is 22.5 Å². The molecule has 0 aliphatic rings. The van der Waals surface area contributed by atoms with Gasteiger partial charge in [-0.3, -0.25) is 0 Å². The summed E-state index contributed by atoms with van der Waals surface area (Å²) < 4.78 is 23.7. The van der Waals surface area contributed by atoms with Crippen LogP contribution in [0.1, 0.15) is 46.1 Å². The molecule has 44 heavy (non-hydrogen) atoms. The summed E-state index contributed by atoms with van der Waals surface area (Å²) in [6, 6.07) is 29.5. The van der Waals surface area contributed by atoms with Crippen LogP contribution in [0, 0.1) is 23.9 Å². The predicted octanol–water partition coefficient (Wildman–Crippen LogP) is 10.5. The number of rotatable bonds is 6. The normalized spacial score (nSPS) is 12.1. The average molecular weight is 796 g/mol. The van der Waals surface area contributed by atoms with Crippen LogP contribution in [0.2, 0.25) is 19.6 Å². The van der Waals surface area contributed by atoms with Crippen LogP contribution in [0.5, 0.6) is 0 Å². The molecule has 0 amide bonds. The van der Waals surface area contributed by atoms with Gasteiger partial charge in [-0.15, -0.1) is 59.7 Å². The van der Waals surface area contributed by atoms with E-state index in [1.165, 1.54) is 16.8 Å². The van der Waals surface area contributed by atoms with Crippen molar-refractivity contribution < 1.29 is 25.9 Å². The second-order valence-corrected chi connectivity index (χ2v) is 18.7. The number of benzene rings is 3. The molecule has 0 aliphatic heterocycles. The number of hydrogen-bond acceptors (Lipinski definition) is 3. The van der Waals surface area contributed by atoms with Crippen LogP contribution in [0.25, 0.3) is 42.7 Å². The van der Waals surface area contributed by atoms with Crippen molar-refractivity contribution in [1.82, 2.24) is 9.97 Å². The predicted molar refractivity (Wildman–Crippen MR) is 185 cm³/mol. The van der Waals surface area contributed by atoms with Crippen LogP contribution < -0.4 is 5.19 Å². The fourth-order valence-electron chi connectivity index (χ4n) is 5.26. The summed E-state index contributed by atoms with van der Waals surface area (Å²) in [5.41, 5.74) is 6.21. The van der Waals surface area contributed by atoms with Gasteiger partial charge in [-0.2, -0.15) is 11.3 Å². The number of aromatic nitrogens is 2. The van der Waals surface area contributed by atoms with Gasteiger partial charge < -0.3 is 9.97 Å². The Morgan fingerprint density at radius 3 is 2.36 bits per heavy atom. The number of thiophene rings is 1. The smallest absolute Gasteiger partial charge is 0.124 e. The molecule has 3 aromatic heterocycles. The van der Waals surface area contributed by atoms with Crippen LogP contribution in [0.4, 0.5) is 4.39 Å². The molecule has 1 radical (unpaired) electrons. The maximum Gasteiger partial charge on any atom is 0.124 e. The van der Waals surface area contributed by atoms with Crippen molar-refractivity contribution >= 4 is 44.8 Å². The molecule has 6 aromatic rings. The molecule has 0 saturated carbocycles. The third-order valence-corrected chi connectivity index (χ3v) is 10.7. The number of fused-ring (bicyclic) bond motifs is 3. The second kappa shape index (κ2) is 14.4. The van der Waals surface area contributed by atoms with Gasteiger partial charge in [0.1, 0.15) is 5.82 Å². The van der Waals surface area contributed by atoms with Crippen molar-refractivity contribution in [2.45, 2.75) is 59.7 Å². The summed E-state index contributed by atoms with van der Waals surface area (Å²) in [5.74, 6) is -0.245. The first-order valence-electron chi connectivity index (χ1n) is 15.3. The molecule has 0 unspecified atom stereocenters. The Morgan fingerprint density at radius 1 is 0.886 bits per heavy atom. The Kier molecular flexibility index (Phi) is 10.6. The van der Waals surface area contributed by atoms with Gasteiger partial charge in [0, 0.05) is 38.6 Å². The Labute approximate surface area is 281 Å². The minimum Gasteiger partial charge on any atom is -0.305 e. The van der Waals surface area contributed by atoms with E-state index in [1.807, 2.05) is 62.4 Å². The van der Waals surface area contributed by atoms with Crippen LogP contribution in [-0.4, -0.2) is 18.0 Å². The van der Waals surface area contributed by atoms with E-state index < -0.39 is 14.0 Å². The standard InChI is InChI=1S/C20H15FNS.C18H24NSi.Ir/c1-12(2)13-8-9-22-18(10-13)17-5-3-4-16-15-7-6-14(21)11-19(15)23-20(16)17;1-14(2)11-16-12-17(15-9-7-6-8-10-15)19-13-18(16)20(3,4)5;/h3-4,6-12H,1-2H3;6-9,12-14H,11H2,1-5H3;/q2*-1;/i12D;;. The van der Waals surface area contributed by atoms with Crippen molar-refractivity contribution in [1.29, 1.82) is 0 Å². The summed E-state index contributed by atoms with van der Waals surface area (Å²) in [7, 11) is -1.34. The minimum absolute atomic E-state index is 0. The van der Waals surface area contributed by atoms with E-state index in [0.717, 1.165) is 54.7 Å². The van der Waals surface area contributed by atoms with Crippen LogP contribution in [0.3, 0.4) is 0 Å². The quantitative estimate of drug-likeness (QED) is 0.124. The molecule has 3 aromatic carbocycles. The molecule has 0 saturated heterocycles. The van der Waals surface area contributed by atoms with Gasteiger partial charge in [-0.05, 0) is 63.1 Å². The Balaban J connectivity index is 0.000000204. The molecule has 0 fully saturated rings. The Hall–Kier alpha value is -3.02. The van der Waals surface area contributed by atoms with Gasteiger partial charge in [-0.25, -0.2) is 4.39 Å². The molecule has 2 nitrogen and oxygen atoms in total. The molecule has 3 heterocycles. The van der Waals surface area contributed by atoms with E-state index in [4.69, 9.17) is 1.37 Å². The fraction of sp³-hybridized carbons (Fsp3) is 0.263. The van der Waals surface area contributed by atoms with Gasteiger partial charge in [0.25, 0.3) is 0 Å². The van der Waals surface area contributed by atoms with Crippen molar-refractivity contribution in [2.75, 3.05) is 0 Å². The third-order valence-electron chi connectivity index (χ3n) is 7.40. The van der Waals surface area contributed by atoms with Crippen LogP contribution in [0.15, 0.2) is 85.2 Å². The SMILES string of the molecule is CC(C)Cc1cc(-c2[c-]cccc2)ncc1[Si](C)(C)C.[2H]C(C)(C)c1ccnc(-c2[c-]ccc3c2sc2cc(F)ccc23)c1.[Ir]. The topological polar surface area (TPSA) is 25.8 Å². The molecule has 0 atom stereocenters. The second-order valence-electron chi connectivity index (χ2n) is 12.6. The molecule has 0 spiro atoms. The molecule has 0 bridgehead atoms. The largest absolute Gasteiger partial charge is 0.305 e. The molecule has 0 N–H and O–H groups in total. The number of hydrogen-bond donors (Lipinski definition) is 0. The molecule has 6 heteroatoms. The van der Waals surface area contributed by atoms with E-state index >= 15 is 0 Å². The molecule has 6 rings (SSSR count). The monoisotopic (exact) mass is 796 g/mol. The number of halogens is 1. The Bertz CT molecular complexity index is 1910.